The number of carbonyl (C=O) groups excluding carboxylic acids is 1. The first kappa shape index (κ1) is 24.1. The van der Waals surface area contributed by atoms with Crippen LogP contribution >= 0.6 is 0 Å². The van der Waals surface area contributed by atoms with E-state index in [4.69, 9.17) is 19.0 Å². The van der Waals surface area contributed by atoms with Crippen molar-refractivity contribution in [2.45, 2.75) is 26.4 Å². The van der Waals surface area contributed by atoms with Crippen LogP contribution in [-0.4, -0.2) is 35.3 Å². The summed E-state index contributed by atoms with van der Waals surface area (Å²) in [6.07, 6.45) is 0. The van der Waals surface area contributed by atoms with Crippen molar-refractivity contribution in [3.63, 3.8) is 0 Å². The van der Waals surface area contributed by atoms with E-state index in [0.717, 1.165) is 39.3 Å². The second-order valence-electron chi connectivity index (χ2n) is 8.88. The molecule has 37 heavy (non-hydrogen) atoms. The first-order valence-corrected chi connectivity index (χ1v) is 11.9. The Hall–Kier alpha value is -4.59. The van der Waals surface area contributed by atoms with Crippen LogP contribution in [0, 0.1) is 6.92 Å². The molecule has 188 valence electrons. The molecule has 0 bridgehead atoms. The Morgan fingerprint density at radius 1 is 0.946 bits per heavy atom. The number of hydrogen-bond acceptors (Lipinski definition) is 6. The zero-order valence-corrected chi connectivity index (χ0v) is 21.2. The van der Waals surface area contributed by atoms with Crippen LogP contribution in [0.15, 0.2) is 83.0 Å². The first-order valence-electron chi connectivity index (χ1n) is 11.9. The predicted molar refractivity (Wildman–Crippen MR) is 140 cm³/mol. The fraction of sp³-hybridized carbons (Fsp3) is 0.207. The van der Waals surface area contributed by atoms with Crippen LogP contribution in [-0.2, 0) is 6.54 Å². The van der Waals surface area contributed by atoms with E-state index in [0.29, 0.717) is 24.0 Å². The average molecular weight is 497 g/mol. The van der Waals surface area contributed by atoms with Crippen molar-refractivity contribution in [3.05, 3.63) is 101 Å². The highest BCUT2D eigenvalue weighted by Gasteiger charge is 2.35. The Morgan fingerprint density at radius 2 is 1.68 bits per heavy atom. The van der Waals surface area contributed by atoms with Gasteiger partial charge in [-0.25, -0.2) is 4.79 Å². The van der Waals surface area contributed by atoms with Gasteiger partial charge in [0.25, 0.3) is 5.89 Å². The van der Waals surface area contributed by atoms with Crippen molar-refractivity contribution >= 4 is 11.6 Å². The Morgan fingerprint density at radius 3 is 2.38 bits per heavy atom. The van der Waals surface area contributed by atoms with E-state index in [1.165, 1.54) is 0 Å². The molecule has 4 aromatic rings. The number of urea groups is 1. The van der Waals surface area contributed by atoms with Crippen LogP contribution in [0.5, 0.6) is 11.5 Å². The molecule has 5 rings (SSSR count). The van der Waals surface area contributed by atoms with Gasteiger partial charge in [-0.15, -0.1) is 0 Å². The van der Waals surface area contributed by atoms with Gasteiger partial charge in [-0.1, -0.05) is 59.3 Å². The Kier molecular flexibility index (Phi) is 6.64. The summed E-state index contributed by atoms with van der Waals surface area (Å²) in [7, 11) is 3.23. The monoisotopic (exact) mass is 496 g/mol. The normalized spacial score (nSPS) is 15.5. The van der Waals surface area contributed by atoms with Crippen molar-refractivity contribution in [2.75, 3.05) is 14.2 Å². The summed E-state index contributed by atoms with van der Waals surface area (Å²) in [6, 6.07) is 22.5. The fourth-order valence-electron chi connectivity index (χ4n) is 4.38. The molecule has 3 aromatic carbocycles. The van der Waals surface area contributed by atoms with Gasteiger partial charge in [0.1, 0.15) is 11.5 Å². The number of ether oxygens (including phenoxy) is 2. The molecule has 1 aliphatic heterocycles. The van der Waals surface area contributed by atoms with Crippen LogP contribution in [0.4, 0.5) is 4.79 Å². The van der Waals surface area contributed by atoms with Crippen molar-refractivity contribution in [1.82, 2.24) is 20.4 Å². The zero-order valence-electron chi connectivity index (χ0n) is 21.2. The van der Waals surface area contributed by atoms with Gasteiger partial charge in [-0.05, 0) is 49.2 Å². The minimum absolute atomic E-state index is 0.199. The molecule has 8 nitrogen and oxygen atoms in total. The van der Waals surface area contributed by atoms with Gasteiger partial charge in [-0.2, -0.15) is 4.98 Å². The molecule has 0 fully saturated rings. The minimum atomic E-state index is -0.480. The summed E-state index contributed by atoms with van der Waals surface area (Å²) in [5.41, 5.74) is 5.30. The number of allylic oxidation sites excluding steroid dienone is 1. The first-order chi connectivity index (χ1) is 18.0. The molecule has 0 saturated carbocycles. The van der Waals surface area contributed by atoms with Gasteiger partial charge in [0.2, 0.25) is 5.82 Å². The summed E-state index contributed by atoms with van der Waals surface area (Å²) in [6.45, 7) is 4.36. The molecule has 1 atom stereocenters. The van der Waals surface area contributed by atoms with E-state index in [1.807, 2.05) is 86.6 Å². The number of rotatable bonds is 7. The molecule has 1 N–H and O–H groups in total. The van der Waals surface area contributed by atoms with Crippen molar-refractivity contribution < 1.29 is 18.8 Å². The van der Waals surface area contributed by atoms with Crippen LogP contribution in [0.2, 0.25) is 0 Å². The number of benzene rings is 3. The summed E-state index contributed by atoms with van der Waals surface area (Å²) < 4.78 is 16.4. The standard InChI is InChI=1S/C29H28N4O4/c1-18-8-10-20(11-9-18)17-33-19(2)25(26(30-29(33)34)21-12-14-23(35-3)15-13-21)28-31-27(32-37-28)22-6-5-7-24(16-22)36-4/h5-16,26H,17H2,1-4H3,(H,30,34). The van der Waals surface area contributed by atoms with Crippen LogP contribution in [0.25, 0.3) is 17.0 Å². The number of nitrogens with one attached hydrogen (secondary N) is 1. The topological polar surface area (TPSA) is 89.7 Å². The molecule has 2 heterocycles. The maximum Gasteiger partial charge on any atom is 0.322 e. The second kappa shape index (κ2) is 10.2. The Labute approximate surface area is 215 Å². The number of nitrogens with zero attached hydrogens (tertiary/aromatic N) is 3. The van der Waals surface area contributed by atoms with E-state index >= 15 is 0 Å². The lowest BCUT2D eigenvalue weighted by Crippen LogP contribution is -2.45. The van der Waals surface area contributed by atoms with Gasteiger partial charge in [0.15, 0.2) is 0 Å². The van der Waals surface area contributed by atoms with Crippen molar-refractivity contribution in [1.29, 1.82) is 0 Å². The highest BCUT2D eigenvalue weighted by atomic mass is 16.5. The number of carbonyl (C=O) groups is 1. The number of hydrogen-bond donors (Lipinski definition) is 1. The minimum Gasteiger partial charge on any atom is -0.497 e. The molecular formula is C29H28N4O4. The highest BCUT2D eigenvalue weighted by Crippen LogP contribution is 2.38. The molecule has 0 aliphatic carbocycles. The average Bonchev–Trinajstić information content (AvgIpc) is 3.41. The van der Waals surface area contributed by atoms with Gasteiger partial charge in [0.05, 0.1) is 32.4 Å². The Bertz CT molecular complexity index is 1440. The number of amides is 2. The summed E-state index contributed by atoms with van der Waals surface area (Å²) in [5.74, 6) is 2.20. The van der Waals surface area contributed by atoms with Crippen molar-refractivity contribution in [3.8, 4) is 22.9 Å². The van der Waals surface area contributed by atoms with Crippen molar-refractivity contribution in [2.24, 2.45) is 0 Å². The van der Waals surface area contributed by atoms with E-state index in [9.17, 15) is 4.79 Å². The third-order valence-electron chi connectivity index (χ3n) is 6.49. The molecular weight excluding hydrogens is 468 g/mol. The lowest BCUT2D eigenvalue weighted by Gasteiger charge is -2.35. The van der Waals surface area contributed by atoms with Gasteiger partial charge in [0, 0.05) is 11.3 Å². The summed E-state index contributed by atoms with van der Waals surface area (Å²) >= 11 is 0. The van der Waals surface area contributed by atoms with Gasteiger partial charge in [-0.3, -0.25) is 4.90 Å². The maximum absolute atomic E-state index is 13.3. The van der Waals surface area contributed by atoms with Crippen LogP contribution in [0.3, 0.4) is 0 Å². The quantitative estimate of drug-likeness (QED) is 0.350. The predicted octanol–water partition coefficient (Wildman–Crippen LogP) is 5.76. The lowest BCUT2D eigenvalue weighted by atomic mass is 9.94. The highest BCUT2D eigenvalue weighted by molar-refractivity contribution is 5.87. The molecule has 1 aliphatic rings. The van der Waals surface area contributed by atoms with Crippen LogP contribution < -0.4 is 14.8 Å². The number of methoxy groups -OCH3 is 2. The summed E-state index contributed by atoms with van der Waals surface area (Å²) in [5, 5.41) is 7.38. The largest absolute Gasteiger partial charge is 0.497 e. The molecule has 1 aromatic heterocycles. The SMILES string of the molecule is COc1ccc(C2NC(=O)N(Cc3ccc(C)cc3)C(C)=C2c2nc(-c3cccc(OC)c3)no2)cc1. The third kappa shape index (κ3) is 4.91. The molecule has 1 unspecified atom stereocenters. The van der Waals surface area contributed by atoms with E-state index < -0.39 is 6.04 Å². The molecule has 0 radical (unpaired) electrons. The third-order valence-corrected chi connectivity index (χ3v) is 6.49. The number of aromatic nitrogens is 2. The van der Waals surface area contributed by atoms with Gasteiger partial charge >= 0.3 is 6.03 Å². The molecule has 8 heteroatoms. The maximum atomic E-state index is 13.3. The van der Waals surface area contributed by atoms with E-state index in [1.54, 1.807) is 19.1 Å². The zero-order chi connectivity index (χ0) is 25.9. The lowest BCUT2D eigenvalue weighted by molar-refractivity contribution is 0.203. The van der Waals surface area contributed by atoms with E-state index in [-0.39, 0.29) is 6.03 Å². The number of aryl methyl sites for hydroxylation is 1. The Balaban J connectivity index is 1.58. The van der Waals surface area contributed by atoms with Crippen LogP contribution in [0.1, 0.15) is 35.5 Å². The molecule has 0 spiro atoms. The molecule has 0 saturated heterocycles. The second-order valence-corrected chi connectivity index (χ2v) is 8.88. The fourth-order valence-corrected chi connectivity index (χ4v) is 4.38. The molecule has 2 amide bonds. The van der Waals surface area contributed by atoms with E-state index in [2.05, 4.69) is 10.5 Å². The van der Waals surface area contributed by atoms with Gasteiger partial charge < -0.3 is 19.3 Å². The summed E-state index contributed by atoms with van der Waals surface area (Å²) in [4.78, 5) is 19.8. The smallest absolute Gasteiger partial charge is 0.322 e.